The number of alkyl halides is 1. The van der Waals surface area contributed by atoms with Gasteiger partial charge >= 0.3 is 0 Å². The summed E-state index contributed by atoms with van der Waals surface area (Å²) in [5.74, 6) is 0. The van der Waals surface area contributed by atoms with Crippen LogP contribution in [0.25, 0.3) is 0 Å². The Morgan fingerprint density at radius 1 is 1.36 bits per heavy atom. The van der Waals surface area contributed by atoms with Crippen molar-refractivity contribution in [3.63, 3.8) is 0 Å². The van der Waals surface area contributed by atoms with Crippen LogP contribution in [0.2, 0.25) is 0 Å². The van der Waals surface area contributed by atoms with Crippen molar-refractivity contribution in [3.05, 3.63) is 0 Å². The first kappa shape index (κ1) is 10.3. The minimum Gasteiger partial charge on any atom is -0.315 e. The first-order valence-electron chi connectivity index (χ1n) is 5.62. The highest BCUT2D eigenvalue weighted by atomic mass is 19.1. The third-order valence-electron chi connectivity index (χ3n) is 3.20. The summed E-state index contributed by atoms with van der Waals surface area (Å²) in [6.07, 6.45) is 3.03. The molecule has 3 N–H and O–H groups in total. The van der Waals surface area contributed by atoms with Crippen LogP contribution in [0.5, 0.6) is 0 Å². The van der Waals surface area contributed by atoms with E-state index in [0.717, 1.165) is 19.6 Å². The van der Waals surface area contributed by atoms with Crippen LogP contribution < -0.4 is 16.0 Å². The molecule has 2 atom stereocenters. The Hall–Kier alpha value is -0.190. The van der Waals surface area contributed by atoms with Gasteiger partial charge in [-0.05, 0) is 32.4 Å². The molecule has 0 radical (unpaired) electrons. The van der Waals surface area contributed by atoms with Gasteiger partial charge < -0.3 is 16.0 Å². The molecule has 0 aromatic carbocycles. The van der Waals surface area contributed by atoms with Crippen LogP contribution in [0.1, 0.15) is 19.3 Å². The second-order valence-electron chi connectivity index (χ2n) is 4.50. The van der Waals surface area contributed by atoms with E-state index in [9.17, 15) is 4.39 Å². The lowest BCUT2D eigenvalue weighted by Gasteiger charge is -2.27. The first-order chi connectivity index (χ1) is 6.79. The predicted molar refractivity (Wildman–Crippen MR) is 55.2 cm³/mol. The molecule has 0 amide bonds. The molecule has 2 fully saturated rings. The van der Waals surface area contributed by atoms with E-state index in [4.69, 9.17) is 0 Å². The molecule has 2 unspecified atom stereocenters. The van der Waals surface area contributed by atoms with Gasteiger partial charge in [-0.15, -0.1) is 0 Å². The standard InChI is InChI=1S/C10H20FN3/c11-10(3-5-13-7-10)8-14-9-2-1-4-12-6-9/h9,12-14H,1-8H2. The Balaban J connectivity index is 1.70. The van der Waals surface area contributed by atoms with E-state index in [-0.39, 0.29) is 0 Å². The van der Waals surface area contributed by atoms with Gasteiger partial charge in [0.05, 0.1) is 0 Å². The fraction of sp³-hybridized carbons (Fsp3) is 1.00. The summed E-state index contributed by atoms with van der Waals surface area (Å²) in [6, 6.07) is 0.469. The molecular weight excluding hydrogens is 181 g/mol. The van der Waals surface area contributed by atoms with Crippen LogP contribution in [0, 0.1) is 0 Å². The zero-order chi connectivity index (χ0) is 9.86. The van der Waals surface area contributed by atoms with E-state index >= 15 is 0 Å². The summed E-state index contributed by atoms with van der Waals surface area (Å²) in [7, 11) is 0. The van der Waals surface area contributed by atoms with Crippen LogP contribution in [-0.2, 0) is 0 Å². The third kappa shape index (κ3) is 2.65. The van der Waals surface area contributed by atoms with Gasteiger partial charge in [-0.2, -0.15) is 0 Å². The molecule has 2 heterocycles. The van der Waals surface area contributed by atoms with Crippen molar-refractivity contribution in [1.29, 1.82) is 0 Å². The lowest BCUT2D eigenvalue weighted by molar-refractivity contribution is 0.174. The van der Waals surface area contributed by atoms with Crippen molar-refractivity contribution in [1.82, 2.24) is 16.0 Å². The normalized spacial score (nSPS) is 38.8. The van der Waals surface area contributed by atoms with Crippen LogP contribution in [-0.4, -0.2) is 44.4 Å². The maximum atomic E-state index is 13.9. The first-order valence-corrected chi connectivity index (χ1v) is 5.62. The van der Waals surface area contributed by atoms with E-state index in [0.29, 0.717) is 25.6 Å². The lowest BCUT2D eigenvalue weighted by Crippen LogP contribution is -2.48. The molecule has 0 aromatic rings. The van der Waals surface area contributed by atoms with Crippen molar-refractivity contribution in [2.45, 2.75) is 31.0 Å². The average molecular weight is 201 g/mol. The minimum atomic E-state index is -1.00. The lowest BCUT2D eigenvalue weighted by atomic mass is 10.0. The average Bonchev–Trinajstić information content (AvgIpc) is 2.65. The Bertz CT molecular complexity index is 174. The number of hydrogen-bond acceptors (Lipinski definition) is 3. The molecule has 0 aliphatic carbocycles. The largest absolute Gasteiger partial charge is 0.315 e. The van der Waals surface area contributed by atoms with Gasteiger partial charge in [0.1, 0.15) is 5.67 Å². The van der Waals surface area contributed by atoms with E-state index in [1.807, 2.05) is 0 Å². The molecule has 14 heavy (non-hydrogen) atoms. The van der Waals surface area contributed by atoms with Gasteiger partial charge in [0, 0.05) is 25.7 Å². The van der Waals surface area contributed by atoms with Crippen molar-refractivity contribution >= 4 is 0 Å². The summed E-state index contributed by atoms with van der Waals surface area (Å²) in [6.45, 7) is 3.94. The highest BCUT2D eigenvalue weighted by Crippen LogP contribution is 2.18. The molecular formula is C10H20FN3. The van der Waals surface area contributed by atoms with Crippen molar-refractivity contribution in [2.75, 3.05) is 32.7 Å². The van der Waals surface area contributed by atoms with Crippen molar-refractivity contribution in [2.24, 2.45) is 0 Å². The summed E-state index contributed by atoms with van der Waals surface area (Å²) in [5.41, 5.74) is -1.00. The fourth-order valence-electron chi connectivity index (χ4n) is 2.22. The maximum Gasteiger partial charge on any atom is 0.136 e. The minimum absolute atomic E-state index is 0.469. The zero-order valence-corrected chi connectivity index (χ0v) is 8.61. The summed E-state index contributed by atoms with van der Waals surface area (Å²) in [4.78, 5) is 0. The maximum absolute atomic E-state index is 13.9. The van der Waals surface area contributed by atoms with Crippen LogP contribution in [0.15, 0.2) is 0 Å². The molecule has 3 nitrogen and oxygen atoms in total. The molecule has 82 valence electrons. The zero-order valence-electron chi connectivity index (χ0n) is 8.61. The predicted octanol–water partition coefficient (Wildman–Crippen LogP) is 0.0296. The Kier molecular flexibility index (Phi) is 3.36. The van der Waals surface area contributed by atoms with Crippen molar-refractivity contribution in [3.8, 4) is 0 Å². The quantitative estimate of drug-likeness (QED) is 0.603. The highest BCUT2D eigenvalue weighted by Gasteiger charge is 2.33. The van der Waals surface area contributed by atoms with Crippen LogP contribution >= 0.6 is 0 Å². The van der Waals surface area contributed by atoms with Crippen LogP contribution in [0.3, 0.4) is 0 Å². The van der Waals surface area contributed by atoms with Gasteiger partial charge in [0.2, 0.25) is 0 Å². The molecule has 2 aliphatic heterocycles. The van der Waals surface area contributed by atoms with Gasteiger partial charge in [-0.3, -0.25) is 0 Å². The van der Waals surface area contributed by atoms with Gasteiger partial charge in [-0.1, -0.05) is 0 Å². The molecule has 0 spiro atoms. The SMILES string of the molecule is FC1(CNC2CCCNC2)CCNC1. The third-order valence-corrected chi connectivity index (χ3v) is 3.20. The van der Waals surface area contributed by atoms with Crippen molar-refractivity contribution < 1.29 is 4.39 Å². The molecule has 0 bridgehead atoms. The number of hydrogen-bond donors (Lipinski definition) is 3. The van der Waals surface area contributed by atoms with E-state index in [1.54, 1.807) is 0 Å². The molecule has 2 rings (SSSR count). The number of piperidine rings is 1. The summed E-state index contributed by atoms with van der Waals surface area (Å²) >= 11 is 0. The molecule has 0 aromatic heterocycles. The van der Waals surface area contributed by atoms with Gasteiger partial charge in [0.25, 0.3) is 0 Å². The van der Waals surface area contributed by atoms with Gasteiger partial charge in [0.15, 0.2) is 0 Å². The second-order valence-corrected chi connectivity index (χ2v) is 4.50. The summed E-state index contributed by atoms with van der Waals surface area (Å²) in [5, 5.41) is 9.72. The molecule has 4 heteroatoms. The van der Waals surface area contributed by atoms with E-state index in [1.165, 1.54) is 12.8 Å². The topological polar surface area (TPSA) is 36.1 Å². The summed E-state index contributed by atoms with van der Waals surface area (Å²) < 4.78 is 13.9. The van der Waals surface area contributed by atoms with Gasteiger partial charge in [-0.25, -0.2) is 4.39 Å². The Morgan fingerprint density at radius 2 is 2.29 bits per heavy atom. The second kappa shape index (κ2) is 4.55. The van der Waals surface area contributed by atoms with E-state index in [2.05, 4.69) is 16.0 Å². The molecule has 2 aliphatic rings. The number of nitrogens with one attached hydrogen (secondary N) is 3. The Morgan fingerprint density at radius 3 is 2.93 bits per heavy atom. The molecule has 0 saturated carbocycles. The Labute approximate surface area is 84.8 Å². The highest BCUT2D eigenvalue weighted by molar-refractivity contribution is 4.91. The number of rotatable bonds is 3. The van der Waals surface area contributed by atoms with E-state index < -0.39 is 5.67 Å². The van der Waals surface area contributed by atoms with Crippen LogP contribution in [0.4, 0.5) is 4.39 Å². The molecule has 2 saturated heterocycles. The number of halogens is 1. The monoisotopic (exact) mass is 201 g/mol. The smallest absolute Gasteiger partial charge is 0.136 e. The fourth-order valence-corrected chi connectivity index (χ4v) is 2.22.